The molecular formula is C20H26ClN3O4. The molecule has 0 spiro atoms. The fourth-order valence-electron chi connectivity index (χ4n) is 3.41. The highest BCUT2D eigenvalue weighted by molar-refractivity contribution is 6.32. The summed E-state index contributed by atoms with van der Waals surface area (Å²) in [6.07, 6.45) is 3.50. The average Bonchev–Trinajstić information content (AvgIpc) is 3.29. The minimum atomic E-state index is -0.624. The van der Waals surface area contributed by atoms with Crippen molar-refractivity contribution in [2.45, 2.75) is 52.0 Å². The van der Waals surface area contributed by atoms with Crippen LogP contribution in [0.25, 0.3) is 0 Å². The van der Waals surface area contributed by atoms with Crippen molar-refractivity contribution in [3.8, 4) is 11.5 Å². The Morgan fingerprint density at radius 1 is 1.36 bits per heavy atom. The predicted molar refractivity (Wildman–Crippen MR) is 105 cm³/mol. The van der Waals surface area contributed by atoms with Crippen LogP contribution in [0.2, 0.25) is 5.02 Å². The van der Waals surface area contributed by atoms with Gasteiger partial charge in [-0.15, -0.1) is 0 Å². The van der Waals surface area contributed by atoms with Gasteiger partial charge >= 0.3 is 0 Å². The number of methoxy groups -OCH3 is 1. The Bertz CT molecular complexity index is 844. The van der Waals surface area contributed by atoms with Gasteiger partial charge in [0.2, 0.25) is 5.89 Å². The lowest BCUT2D eigenvalue weighted by atomic mass is 9.95. The van der Waals surface area contributed by atoms with E-state index in [4.69, 9.17) is 25.6 Å². The van der Waals surface area contributed by atoms with Crippen LogP contribution in [-0.4, -0.2) is 29.8 Å². The number of nitrogens with one attached hydrogen (secondary N) is 1. The number of halogens is 1. The molecule has 1 aliphatic rings. The number of nitrogens with zero attached hydrogens (tertiary/aromatic N) is 2. The first-order valence-electron chi connectivity index (χ1n) is 9.48. The van der Waals surface area contributed by atoms with E-state index in [2.05, 4.69) is 15.5 Å². The lowest BCUT2D eigenvalue weighted by Gasteiger charge is -2.27. The van der Waals surface area contributed by atoms with E-state index >= 15 is 0 Å². The predicted octanol–water partition coefficient (Wildman–Crippen LogP) is 4.27. The summed E-state index contributed by atoms with van der Waals surface area (Å²) in [6, 6.07) is 3.24. The molecule has 0 aliphatic heterocycles. The number of aromatic nitrogens is 2. The summed E-state index contributed by atoms with van der Waals surface area (Å²) in [7, 11) is 1.52. The van der Waals surface area contributed by atoms with Gasteiger partial charge in [-0.1, -0.05) is 43.4 Å². The highest BCUT2D eigenvalue weighted by Crippen LogP contribution is 2.39. The Morgan fingerprint density at radius 2 is 2.07 bits per heavy atom. The number of rotatable bonds is 7. The first-order chi connectivity index (χ1) is 13.3. The van der Waals surface area contributed by atoms with Crippen molar-refractivity contribution in [2.75, 3.05) is 13.7 Å². The number of amides is 1. The average molecular weight is 408 g/mol. The third-order valence-corrected chi connectivity index (χ3v) is 5.10. The summed E-state index contributed by atoms with van der Waals surface area (Å²) >= 11 is 6.39. The van der Waals surface area contributed by atoms with Gasteiger partial charge < -0.3 is 19.3 Å². The molecule has 0 radical (unpaired) electrons. The molecule has 2 aromatic rings. The Labute approximate surface area is 169 Å². The molecule has 1 N–H and O–H groups in total. The lowest BCUT2D eigenvalue weighted by molar-refractivity contribution is 0.0891. The van der Waals surface area contributed by atoms with Crippen LogP contribution in [0.1, 0.15) is 61.6 Å². The summed E-state index contributed by atoms with van der Waals surface area (Å²) in [5.41, 5.74) is -0.230. The van der Waals surface area contributed by atoms with E-state index in [1.165, 1.54) is 7.11 Å². The molecule has 1 aliphatic carbocycles. The second-order valence-electron chi connectivity index (χ2n) is 7.57. The molecule has 7 nitrogen and oxygen atoms in total. The van der Waals surface area contributed by atoms with Crippen LogP contribution >= 0.6 is 11.6 Å². The summed E-state index contributed by atoms with van der Waals surface area (Å²) in [4.78, 5) is 17.4. The summed E-state index contributed by atoms with van der Waals surface area (Å²) in [5, 5.41) is 7.49. The van der Waals surface area contributed by atoms with Crippen molar-refractivity contribution in [1.82, 2.24) is 15.5 Å². The van der Waals surface area contributed by atoms with Crippen LogP contribution < -0.4 is 14.8 Å². The van der Waals surface area contributed by atoms with Gasteiger partial charge in [-0.05, 0) is 30.9 Å². The Kier molecular flexibility index (Phi) is 6.13. The summed E-state index contributed by atoms with van der Waals surface area (Å²) in [6.45, 7) is 6.33. The van der Waals surface area contributed by atoms with Gasteiger partial charge in [-0.25, -0.2) is 0 Å². The number of hydrogen-bond donors (Lipinski definition) is 1. The quantitative estimate of drug-likeness (QED) is 0.737. The van der Waals surface area contributed by atoms with Gasteiger partial charge in [0.1, 0.15) is 5.54 Å². The van der Waals surface area contributed by atoms with Crippen LogP contribution in [0.4, 0.5) is 0 Å². The maximum Gasteiger partial charge on any atom is 0.252 e. The second-order valence-corrected chi connectivity index (χ2v) is 7.98. The highest BCUT2D eigenvalue weighted by Gasteiger charge is 2.41. The molecule has 1 aromatic carbocycles. The fourth-order valence-corrected chi connectivity index (χ4v) is 3.67. The van der Waals surface area contributed by atoms with Gasteiger partial charge in [0.15, 0.2) is 17.3 Å². The molecule has 8 heteroatoms. The highest BCUT2D eigenvalue weighted by atomic mass is 35.5. The van der Waals surface area contributed by atoms with E-state index in [1.54, 1.807) is 19.1 Å². The normalized spacial score (nSPS) is 15.6. The molecule has 152 valence electrons. The van der Waals surface area contributed by atoms with Crippen molar-refractivity contribution in [1.29, 1.82) is 0 Å². The molecular weight excluding hydrogens is 382 g/mol. The van der Waals surface area contributed by atoms with E-state index in [1.807, 2.05) is 13.8 Å². The third-order valence-electron chi connectivity index (χ3n) is 4.82. The van der Waals surface area contributed by atoms with E-state index in [-0.39, 0.29) is 5.91 Å². The second kappa shape index (κ2) is 8.39. The van der Waals surface area contributed by atoms with Crippen LogP contribution in [0.3, 0.4) is 0 Å². The largest absolute Gasteiger partial charge is 0.493 e. The molecule has 1 heterocycles. The first kappa shape index (κ1) is 20.5. The number of aryl methyl sites for hydroxylation is 1. The van der Waals surface area contributed by atoms with Crippen LogP contribution in [0.15, 0.2) is 16.7 Å². The molecule has 0 bridgehead atoms. The number of benzene rings is 1. The topological polar surface area (TPSA) is 86.5 Å². The first-order valence-corrected chi connectivity index (χ1v) is 9.86. The number of ether oxygens (including phenoxy) is 2. The number of carbonyl (C=O) groups excluding carboxylic acids is 1. The molecule has 28 heavy (non-hydrogen) atoms. The zero-order valence-electron chi connectivity index (χ0n) is 16.7. The van der Waals surface area contributed by atoms with Crippen molar-refractivity contribution < 1.29 is 18.8 Å². The third kappa shape index (κ3) is 4.24. The van der Waals surface area contributed by atoms with E-state index in [9.17, 15) is 4.79 Å². The summed E-state index contributed by atoms with van der Waals surface area (Å²) < 4.78 is 16.3. The van der Waals surface area contributed by atoms with E-state index in [0.29, 0.717) is 46.3 Å². The van der Waals surface area contributed by atoms with Crippen molar-refractivity contribution in [2.24, 2.45) is 5.92 Å². The van der Waals surface area contributed by atoms with Gasteiger partial charge in [-0.2, -0.15) is 4.98 Å². The zero-order valence-corrected chi connectivity index (χ0v) is 17.4. The van der Waals surface area contributed by atoms with Crippen molar-refractivity contribution in [3.63, 3.8) is 0 Å². The minimum absolute atomic E-state index is 0.264. The Hall–Kier alpha value is -2.28. The fraction of sp³-hybridized carbons (Fsp3) is 0.550. The molecule has 1 saturated carbocycles. The van der Waals surface area contributed by atoms with Gasteiger partial charge in [0.25, 0.3) is 5.91 Å². The zero-order chi connectivity index (χ0) is 20.3. The van der Waals surface area contributed by atoms with Gasteiger partial charge in [0.05, 0.1) is 18.7 Å². The monoisotopic (exact) mass is 407 g/mol. The van der Waals surface area contributed by atoms with Crippen LogP contribution in [0, 0.1) is 12.8 Å². The van der Waals surface area contributed by atoms with Gasteiger partial charge in [0, 0.05) is 12.5 Å². The molecule has 1 fully saturated rings. The molecule has 0 saturated heterocycles. The maximum atomic E-state index is 13.0. The number of hydrogen-bond acceptors (Lipinski definition) is 6. The molecule has 0 unspecified atom stereocenters. The SMILES string of the molecule is COc1cc(C(=O)NC2(c3noc(C)n3)CCCC2)cc(Cl)c1OCC(C)C. The standard InChI is InChI=1S/C20H26ClN3O4/c1-12(2)11-27-17-15(21)9-14(10-16(17)26-4)18(25)23-20(7-5-6-8-20)19-22-13(3)28-24-19/h9-10,12H,5-8,11H2,1-4H3,(H,23,25). The maximum absolute atomic E-state index is 13.0. The molecule has 1 aromatic heterocycles. The van der Waals surface area contributed by atoms with Crippen LogP contribution in [-0.2, 0) is 5.54 Å². The lowest BCUT2D eigenvalue weighted by Crippen LogP contribution is -2.44. The Morgan fingerprint density at radius 3 is 2.64 bits per heavy atom. The Balaban J connectivity index is 1.86. The van der Waals surface area contributed by atoms with E-state index < -0.39 is 5.54 Å². The van der Waals surface area contributed by atoms with Crippen LogP contribution in [0.5, 0.6) is 11.5 Å². The van der Waals surface area contributed by atoms with E-state index in [0.717, 1.165) is 25.7 Å². The van der Waals surface area contributed by atoms with Crippen molar-refractivity contribution >= 4 is 17.5 Å². The number of carbonyl (C=O) groups is 1. The minimum Gasteiger partial charge on any atom is -0.493 e. The van der Waals surface area contributed by atoms with Gasteiger partial charge in [-0.3, -0.25) is 4.79 Å². The smallest absolute Gasteiger partial charge is 0.252 e. The summed E-state index contributed by atoms with van der Waals surface area (Å²) in [5.74, 6) is 1.94. The molecule has 0 atom stereocenters. The molecule has 1 amide bonds. The molecule has 3 rings (SSSR count). The van der Waals surface area contributed by atoms with Crippen molar-refractivity contribution in [3.05, 3.63) is 34.4 Å².